The first-order chi connectivity index (χ1) is 10.6. The fraction of sp³-hybridized carbons (Fsp3) is 0.667. The van der Waals surface area contributed by atoms with Crippen LogP contribution < -0.4 is 5.32 Å². The van der Waals surface area contributed by atoms with Gasteiger partial charge in [-0.3, -0.25) is 9.48 Å². The number of rotatable bonds is 5. The summed E-state index contributed by atoms with van der Waals surface area (Å²) in [5.74, 6) is 0.0303. The van der Waals surface area contributed by atoms with Gasteiger partial charge in [-0.15, -0.1) is 0 Å². The predicted octanol–water partition coefficient (Wildman–Crippen LogP) is 1.32. The minimum absolute atomic E-state index is 0.0303. The molecule has 1 aromatic heterocycles. The third-order valence-electron chi connectivity index (χ3n) is 3.72. The molecular weight excluding hydrogens is 284 g/mol. The molecule has 0 unspecified atom stereocenters. The Bertz CT molecular complexity index is 507. The summed E-state index contributed by atoms with van der Waals surface area (Å²) in [6, 6.07) is 0.137. The molecule has 0 aliphatic carbocycles. The Kier molecular flexibility index (Phi) is 5.80. The Morgan fingerprint density at radius 1 is 1.41 bits per heavy atom. The average Bonchev–Trinajstić information content (AvgIpc) is 2.92. The van der Waals surface area contributed by atoms with Crippen molar-refractivity contribution in [3.8, 4) is 0 Å². The van der Waals surface area contributed by atoms with Gasteiger partial charge in [-0.1, -0.05) is 0 Å². The van der Waals surface area contributed by atoms with Crippen LogP contribution in [0.5, 0.6) is 0 Å². The Hall–Kier alpha value is -2.05. The lowest BCUT2D eigenvalue weighted by Crippen LogP contribution is -2.46. The number of nitrogens with one attached hydrogen (secondary N) is 1. The third-order valence-corrected chi connectivity index (χ3v) is 3.72. The second kappa shape index (κ2) is 7.82. The molecule has 2 amide bonds. The topological polar surface area (TPSA) is 76.5 Å². The molecular formula is C15H24N4O3. The monoisotopic (exact) mass is 308 g/mol. The summed E-state index contributed by atoms with van der Waals surface area (Å²) in [7, 11) is 0. The van der Waals surface area contributed by atoms with E-state index in [1.54, 1.807) is 22.7 Å². The molecule has 2 rings (SSSR count). The van der Waals surface area contributed by atoms with E-state index in [0.29, 0.717) is 32.7 Å². The van der Waals surface area contributed by atoms with Gasteiger partial charge in [-0.05, 0) is 32.3 Å². The van der Waals surface area contributed by atoms with Crippen LogP contribution in [-0.2, 0) is 16.1 Å². The third kappa shape index (κ3) is 4.75. The Balaban J connectivity index is 1.67. The highest BCUT2D eigenvalue weighted by atomic mass is 16.6. The van der Waals surface area contributed by atoms with E-state index >= 15 is 0 Å². The van der Waals surface area contributed by atoms with Gasteiger partial charge in [0, 0.05) is 38.3 Å². The first-order valence-electron chi connectivity index (χ1n) is 7.78. The van der Waals surface area contributed by atoms with Crippen molar-refractivity contribution < 1.29 is 14.3 Å². The first kappa shape index (κ1) is 16.3. The van der Waals surface area contributed by atoms with Crippen molar-refractivity contribution in [3.63, 3.8) is 0 Å². The van der Waals surface area contributed by atoms with Gasteiger partial charge in [-0.25, -0.2) is 4.79 Å². The van der Waals surface area contributed by atoms with E-state index in [4.69, 9.17) is 4.74 Å². The van der Waals surface area contributed by atoms with E-state index in [-0.39, 0.29) is 18.0 Å². The van der Waals surface area contributed by atoms with Gasteiger partial charge in [0.05, 0.1) is 12.8 Å². The number of piperidine rings is 1. The number of ether oxygens (including phenoxy) is 1. The Morgan fingerprint density at radius 3 is 2.73 bits per heavy atom. The second-order valence-electron chi connectivity index (χ2n) is 5.56. The summed E-state index contributed by atoms with van der Waals surface area (Å²) in [6.45, 7) is 6.00. The number of carbonyl (C=O) groups is 2. The van der Waals surface area contributed by atoms with Gasteiger partial charge in [-0.2, -0.15) is 5.10 Å². The Morgan fingerprint density at radius 2 is 2.14 bits per heavy atom. The van der Waals surface area contributed by atoms with Crippen LogP contribution in [0, 0.1) is 6.92 Å². The van der Waals surface area contributed by atoms with E-state index in [9.17, 15) is 9.59 Å². The van der Waals surface area contributed by atoms with Crippen molar-refractivity contribution in [2.24, 2.45) is 0 Å². The van der Waals surface area contributed by atoms with Crippen LogP contribution >= 0.6 is 0 Å². The number of likely N-dealkylation sites (tertiary alicyclic amines) is 1. The molecule has 0 spiro atoms. The van der Waals surface area contributed by atoms with Gasteiger partial charge >= 0.3 is 6.09 Å². The van der Waals surface area contributed by atoms with Crippen LogP contribution in [0.2, 0.25) is 0 Å². The smallest absolute Gasteiger partial charge is 0.409 e. The zero-order chi connectivity index (χ0) is 15.9. The average molecular weight is 308 g/mol. The molecule has 7 heteroatoms. The van der Waals surface area contributed by atoms with Crippen LogP contribution in [0.3, 0.4) is 0 Å². The van der Waals surface area contributed by atoms with Crippen molar-refractivity contribution in [3.05, 3.63) is 18.0 Å². The molecule has 1 N–H and O–H groups in total. The van der Waals surface area contributed by atoms with Crippen molar-refractivity contribution in [1.82, 2.24) is 20.0 Å². The highest BCUT2D eigenvalue weighted by molar-refractivity contribution is 5.76. The van der Waals surface area contributed by atoms with E-state index in [1.807, 2.05) is 13.1 Å². The SMILES string of the molecule is CCOC(=O)N1CCC(NC(=O)CCn2cc(C)cn2)CC1. The zero-order valence-corrected chi connectivity index (χ0v) is 13.2. The summed E-state index contributed by atoms with van der Waals surface area (Å²) >= 11 is 0. The quantitative estimate of drug-likeness (QED) is 0.890. The molecule has 2 heterocycles. The minimum atomic E-state index is -0.263. The fourth-order valence-electron chi connectivity index (χ4n) is 2.53. The predicted molar refractivity (Wildman–Crippen MR) is 81.3 cm³/mol. The lowest BCUT2D eigenvalue weighted by molar-refractivity contribution is -0.122. The number of hydrogen-bond acceptors (Lipinski definition) is 4. The molecule has 22 heavy (non-hydrogen) atoms. The number of nitrogens with zero attached hydrogens (tertiary/aromatic N) is 3. The molecule has 0 radical (unpaired) electrons. The van der Waals surface area contributed by atoms with Gasteiger partial charge in [0.15, 0.2) is 0 Å². The normalized spacial score (nSPS) is 15.6. The molecule has 0 atom stereocenters. The van der Waals surface area contributed by atoms with Crippen molar-refractivity contribution in [2.75, 3.05) is 19.7 Å². The molecule has 0 saturated carbocycles. The molecule has 1 saturated heterocycles. The van der Waals surface area contributed by atoms with E-state index < -0.39 is 0 Å². The zero-order valence-electron chi connectivity index (χ0n) is 13.2. The van der Waals surface area contributed by atoms with Crippen LogP contribution in [-0.4, -0.2) is 52.4 Å². The van der Waals surface area contributed by atoms with Crippen molar-refractivity contribution in [1.29, 1.82) is 0 Å². The largest absolute Gasteiger partial charge is 0.450 e. The molecule has 7 nitrogen and oxygen atoms in total. The molecule has 0 bridgehead atoms. The first-order valence-corrected chi connectivity index (χ1v) is 7.78. The molecule has 1 aliphatic heterocycles. The maximum atomic E-state index is 12.0. The fourth-order valence-corrected chi connectivity index (χ4v) is 2.53. The Labute approximate surface area is 130 Å². The summed E-state index contributed by atoms with van der Waals surface area (Å²) < 4.78 is 6.75. The highest BCUT2D eigenvalue weighted by Crippen LogP contribution is 2.11. The van der Waals surface area contributed by atoms with E-state index in [2.05, 4.69) is 10.4 Å². The number of hydrogen-bond donors (Lipinski definition) is 1. The molecule has 1 aromatic rings. The van der Waals surface area contributed by atoms with Gasteiger partial charge in [0.25, 0.3) is 0 Å². The van der Waals surface area contributed by atoms with Gasteiger partial charge in [0.2, 0.25) is 5.91 Å². The molecule has 0 aromatic carbocycles. The number of carbonyl (C=O) groups excluding carboxylic acids is 2. The number of amides is 2. The standard InChI is InChI=1S/C15H24N4O3/c1-3-22-15(21)18-7-4-13(5-8-18)17-14(20)6-9-19-11-12(2)10-16-19/h10-11,13H,3-9H2,1-2H3,(H,17,20). The molecule has 122 valence electrons. The molecule has 1 aliphatic rings. The molecule has 1 fully saturated rings. The van der Waals surface area contributed by atoms with Gasteiger partial charge < -0.3 is 15.0 Å². The summed E-state index contributed by atoms with van der Waals surface area (Å²) in [6.07, 6.45) is 5.39. The van der Waals surface area contributed by atoms with Gasteiger partial charge in [0.1, 0.15) is 0 Å². The lowest BCUT2D eigenvalue weighted by Gasteiger charge is -2.31. The number of aryl methyl sites for hydroxylation is 2. The van der Waals surface area contributed by atoms with Crippen LogP contribution in [0.25, 0.3) is 0 Å². The summed E-state index contributed by atoms with van der Waals surface area (Å²) in [5, 5.41) is 7.19. The number of aromatic nitrogens is 2. The highest BCUT2D eigenvalue weighted by Gasteiger charge is 2.24. The van der Waals surface area contributed by atoms with Crippen molar-refractivity contribution >= 4 is 12.0 Å². The van der Waals surface area contributed by atoms with E-state index in [0.717, 1.165) is 18.4 Å². The van der Waals surface area contributed by atoms with Crippen LogP contribution in [0.1, 0.15) is 31.7 Å². The van der Waals surface area contributed by atoms with E-state index in [1.165, 1.54) is 0 Å². The lowest BCUT2D eigenvalue weighted by atomic mass is 10.1. The summed E-state index contributed by atoms with van der Waals surface area (Å²) in [4.78, 5) is 25.2. The van der Waals surface area contributed by atoms with Crippen molar-refractivity contribution in [2.45, 2.75) is 45.7 Å². The second-order valence-corrected chi connectivity index (χ2v) is 5.56. The summed E-state index contributed by atoms with van der Waals surface area (Å²) in [5.41, 5.74) is 1.09. The van der Waals surface area contributed by atoms with Crippen LogP contribution in [0.4, 0.5) is 4.79 Å². The maximum Gasteiger partial charge on any atom is 0.409 e. The maximum absolute atomic E-state index is 12.0. The van der Waals surface area contributed by atoms with Crippen LogP contribution in [0.15, 0.2) is 12.4 Å². The minimum Gasteiger partial charge on any atom is -0.450 e.